The van der Waals surface area contributed by atoms with Gasteiger partial charge in [-0.25, -0.2) is 4.98 Å². The highest BCUT2D eigenvalue weighted by molar-refractivity contribution is 9.10. The molecule has 0 saturated carbocycles. The van der Waals surface area contributed by atoms with E-state index in [0.29, 0.717) is 0 Å². The molecular weight excluding hydrogens is 418 g/mol. The Bertz CT molecular complexity index is 1000. The Kier molecular flexibility index (Phi) is 5.42. The van der Waals surface area contributed by atoms with Gasteiger partial charge in [-0.15, -0.1) is 0 Å². The summed E-state index contributed by atoms with van der Waals surface area (Å²) in [7, 11) is 0. The maximum atomic E-state index is 4.79. The lowest BCUT2D eigenvalue weighted by molar-refractivity contribution is 1.29. The number of nitrogens with zero attached hydrogens (tertiary/aromatic N) is 2. The van der Waals surface area contributed by atoms with E-state index in [4.69, 9.17) is 4.98 Å². The quantitative estimate of drug-likeness (QED) is 0.281. The molecule has 5 heteroatoms. The van der Waals surface area contributed by atoms with Gasteiger partial charge in [0.2, 0.25) is 5.13 Å². The average Bonchev–Trinajstić information content (AvgIpc) is 3.15. The summed E-state index contributed by atoms with van der Waals surface area (Å²) < 4.78 is 1.00. The van der Waals surface area contributed by atoms with E-state index in [1.807, 2.05) is 60.7 Å². The normalized spacial score (nSPS) is 11.0. The predicted molar refractivity (Wildman–Crippen MR) is 118 cm³/mol. The molecule has 0 amide bonds. The summed E-state index contributed by atoms with van der Waals surface area (Å²) in [5.41, 5.74) is 7.29. The van der Waals surface area contributed by atoms with Crippen LogP contribution in [0.3, 0.4) is 0 Å². The minimum absolute atomic E-state index is 0.760. The van der Waals surface area contributed by atoms with E-state index >= 15 is 0 Å². The molecule has 0 aliphatic carbocycles. The molecule has 0 atom stereocenters. The predicted octanol–water partition coefficient (Wildman–Crippen LogP) is 6.69. The Hall–Kier alpha value is -2.76. The summed E-state index contributed by atoms with van der Waals surface area (Å²) >= 11 is 5.13. The lowest BCUT2D eigenvalue weighted by Crippen LogP contribution is -1.90. The van der Waals surface area contributed by atoms with Gasteiger partial charge in [0.15, 0.2) is 0 Å². The number of rotatable bonds is 5. The highest BCUT2D eigenvalue weighted by Gasteiger charge is 2.14. The van der Waals surface area contributed by atoms with E-state index in [9.17, 15) is 0 Å². The number of thiazole rings is 1. The zero-order valence-electron chi connectivity index (χ0n) is 14.3. The molecule has 3 aromatic carbocycles. The van der Waals surface area contributed by atoms with Crippen molar-refractivity contribution < 1.29 is 0 Å². The Morgan fingerprint density at radius 3 is 2.15 bits per heavy atom. The molecule has 1 aromatic heterocycles. The fourth-order valence-corrected chi connectivity index (χ4v) is 4.01. The Morgan fingerprint density at radius 1 is 0.815 bits per heavy atom. The molecule has 0 spiro atoms. The maximum Gasteiger partial charge on any atom is 0.204 e. The van der Waals surface area contributed by atoms with Crippen LogP contribution in [0.1, 0.15) is 5.56 Å². The smallest absolute Gasteiger partial charge is 0.204 e. The molecule has 0 aliphatic rings. The molecule has 1 N–H and O–H groups in total. The number of aromatic nitrogens is 1. The number of anilines is 1. The number of benzene rings is 3. The number of hydrogen-bond donors (Lipinski definition) is 1. The molecule has 0 bridgehead atoms. The van der Waals surface area contributed by atoms with Crippen molar-refractivity contribution in [3.8, 4) is 21.7 Å². The molecule has 0 unspecified atom stereocenters. The third-order valence-corrected chi connectivity index (χ3v) is 5.71. The van der Waals surface area contributed by atoms with Crippen LogP contribution in [0.5, 0.6) is 0 Å². The van der Waals surface area contributed by atoms with Crippen LogP contribution in [-0.2, 0) is 0 Å². The van der Waals surface area contributed by atoms with Gasteiger partial charge in [-0.3, -0.25) is 5.43 Å². The molecule has 0 aliphatic heterocycles. The number of halogens is 1. The topological polar surface area (TPSA) is 37.3 Å². The van der Waals surface area contributed by atoms with Crippen LogP contribution in [0.15, 0.2) is 94.5 Å². The number of hydrazone groups is 1. The Balaban J connectivity index is 1.66. The van der Waals surface area contributed by atoms with Crippen molar-refractivity contribution in [1.29, 1.82) is 0 Å². The van der Waals surface area contributed by atoms with E-state index in [-0.39, 0.29) is 0 Å². The number of hydrogen-bond acceptors (Lipinski definition) is 4. The molecule has 0 radical (unpaired) electrons. The fraction of sp³-hybridized carbons (Fsp3) is 0. The van der Waals surface area contributed by atoms with Gasteiger partial charge in [0, 0.05) is 15.6 Å². The van der Waals surface area contributed by atoms with Gasteiger partial charge in [0.05, 0.1) is 16.8 Å². The molecule has 3 nitrogen and oxygen atoms in total. The molecule has 0 fully saturated rings. The van der Waals surface area contributed by atoms with Gasteiger partial charge in [-0.05, 0) is 11.6 Å². The summed E-state index contributed by atoms with van der Waals surface area (Å²) in [6.07, 6.45) is 1.79. The molecule has 0 saturated heterocycles. The van der Waals surface area contributed by atoms with Crippen LogP contribution in [0.4, 0.5) is 5.13 Å². The Labute approximate surface area is 170 Å². The second-order valence-corrected chi connectivity index (χ2v) is 7.67. The van der Waals surface area contributed by atoms with Crippen molar-refractivity contribution in [3.63, 3.8) is 0 Å². The third-order valence-electron chi connectivity index (χ3n) is 3.98. The van der Waals surface area contributed by atoms with E-state index in [1.54, 1.807) is 17.6 Å². The van der Waals surface area contributed by atoms with E-state index in [0.717, 1.165) is 36.9 Å². The molecule has 4 rings (SSSR count). The molecule has 1 heterocycles. The van der Waals surface area contributed by atoms with Gasteiger partial charge in [0.1, 0.15) is 0 Å². The summed E-state index contributed by atoms with van der Waals surface area (Å²) in [6, 6.07) is 28.5. The molecule has 132 valence electrons. The summed E-state index contributed by atoms with van der Waals surface area (Å²) in [5.74, 6) is 0. The molecule has 27 heavy (non-hydrogen) atoms. The van der Waals surface area contributed by atoms with Crippen LogP contribution >= 0.6 is 27.3 Å². The van der Waals surface area contributed by atoms with Crippen molar-refractivity contribution in [2.75, 3.05) is 5.43 Å². The van der Waals surface area contributed by atoms with Crippen molar-refractivity contribution in [3.05, 3.63) is 95.0 Å². The van der Waals surface area contributed by atoms with Crippen molar-refractivity contribution in [1.82, 2.24) is 4.98 Å². The van der Waals surface area contributed by atoms with Crippen molar-refractivity contribution >= 4 is 38.6 Å². The van der Waals surface area contributed by atoms with Gasteiger partial charge < -0.3 is 0 Å². The lowest BCUT2D eigenvalue weighted by Gasteiger charge is -2.02. The first-order chi connectivity index (χ1) is 13.3. The van der Waals surface area contributed by atoms with Crippen LogP contribution in [0.25, 0.3) is 21.7 Å². The first kappa shape index (κ1) is 17.6. The van der Waals surface area contributed by atoms with Crippen molar-refractivity contribution in [2.24, 2.45) is 5.10 Å². The largest absolute Gasteiger partial charge is 0.253 e. The summed E-state index contributed by atoms with van der Waals surface area (Å²) in [4.78, 5) is 5.92. The first-order valence-corrected chi connectivity index (χ1v) is 10.1. The minimum atomic E-state index is 0.760. The maximum absolute atomic E-state index is 4.79. The van der Waals surface area contributed by atoms with Gasteiger partial charge in [-0.2, -0.15) is 5.10 Å². The van der Waals surface area contributed by atoms with Crippen LogP contribution in [-0.4, -0.2) is 11.2 Å². The SMILES string of the molecule is Brc1ccccc1/C=N\Nc1nc(-c2ccccc2)c(-c2ccccc2)s1. The third kappa shape index (κ3) is 4.15. The second-order valence-electron chi connectivity index (χ2n) is 5.82. The summed E-state index contributed by atoms with van der Waals surface area (Å²) in [5, 5.41) is 5.12. The number of nitrogens with one attached hydrogen (secondary N) is 1. The van der Waals surface area contributed by atoms with E-state index in [1.165, 1.54) is 0 Å². The van der Waals surface area contributed by atoms with Crippen LogP contribution < -0.4 is 5.43 Å². The van der Waals surface area contributed by atoms with Gasteiger partial charge in [0.25, 0.3) is 0 Å². The highest BCUT2D eigenvalue weighted by Crippen LogP contribution is 2.38. The lowest BCUT2D eigenvalue weighted by atomic mass is 10.1. The first-order valence-electron chi connectivity index (χ1n) is 8.46. The minimum Gasteiger partial charge on any atom is -0.253 e. The zero-order valence-corrected chi connectivity index (χ0v) is 16.7. The van der Waals surface area contributed by atoms with Gasteiger partial charge >= 0.3 is 0 Å². The van der Waals surface area contributed by atoms with E-state index in [2.05, 4.69) is 50.7 Å². The van der Waals surface area contributed by atoms with E-state index < -0.39 is 0 Å². The van der Waals surface area contributed by atoms with Crippen LogP contribution in [0.2, 0.25) is 0 Å². The van der Waals surface area contributed by atoms with Gasteiger partial charge in [-0.1, -0.05) is 106 Å². The van der Waals surface area contributed by atoms with Crippen LogP contribution in [0, 0.1) is 0 Å². The standard InChI is InChI=1S/C22H16BrN3S/c23-19-14-8-7-13-18(19)15-24-26-22-25-20(16-9-3-1-4-10-16)21(27-22)17-11-5-2-6-12-17/h1-15H,(H,25,26)/b24-15-. The fourth-order valence-electron chi connectivity index (χ4n) is 2.68. The molecular formula is C22H16BrN3S. The second kappa shape index (κ2) is 8.29. The van der Waals surface area contributed by atoms with Crippen molar-refractivity contribution in [2.45, 2.75) is 0 Å². The highest BCUT2D eigenvalue weighted by atomic mass is 79.9. The monoisotopic (exact) mass is 433 g/mol. The summed E-state index contributed by atoms with van der Waals surface area (Å²) in [6.45, 7) is 0. The molecule has 4 aromatic rings. The zero-order chi connectivity index (χ0) is 18.5. The average molecular weight is 434 g/mol. The Morgan fingerprint density at radius 2 is 1.44 bits per heavy atom.